The second-order valence-corrected chi connectivity index (χ2v) is 6.65. The van der Waals surface area contributed by atoms with Gasteiger partial charge in [0.2, 0.25) is 0 Å². The summed E-state index contributed by atoms with van der Waals surface area (Å²) in [5, 5.41) is 9.15. The number of ether oxygens (including phenoxy) is 1. The van der Waals surface area contributed by atoms with E-state index in [0.29, 0.717) is 5.32 Å². The first kappa shape index (κ1) is 33.4. The first-order valence-electron chi connectivity index (χ1n) is 8.71. The summed E-state index contributed by atoms with van der Waals surface area (Å²) in [4.78, 5) is 33.4. The van der Waals surface area contributed by atoms with Gasteiger partial charge < -0.3 is 15.2 Å². The van der Waals surface area contributed by atoms with Gasteiger partial charge in [0, 0.05) is 6.42 Å². The molecular weight excluding hydrogens is 559 g/mol. The van der Waals surface area contributed by atoms with Crippen molar-refractivity contribution in [3.05, 3.63) is 0 Å². The smallest absolute Gasteiger partial charge is 0.460 e. The van der Waals surface area contributed by atoms with Crippen LogP contribution in [0.15, 0.2) is 0 Å². The number of aliphatic carboxylic acids is 1. The third-order valence-corrected chi connectivity index (χ3v) is 4.16. The minimum Gasteiger partial charge on any atom is -0.480 e. The molecule has 0 aliphatic heterocycles. The van der Waals surface area contributed by atoms with Gasteiger partial charge in [-0.3, -0.25) is 9.59 Å². The monoisotopic (exact) mass is 571 g/mol. The van der Waals surface area contributed by atoms with Crippen molar-refractivity contribution in [3.63, 3.8) is 0 Å². The van der Waals surface area contributed by atoms with Crippen LogP contribution in [0.1, 0.15) is 19.8 Å². The molecule has 1 amide bonds. The van der Waals surface area contributed by atoms with Crippen molar-refractivity contribution in [1.29, 1.82) is 0 Å². The average Bonchev–Trinajstić information content (AvgIpc) is 2.69. The molecule has 21 heteroatoms. The van der Waals surface area contributed by atoms with E-state index in [1.807, 2.05) is 0 Å². The molecule has 0 spiro atoms. The van der Waals surface area contributed by atoms with Crippen molar-refractivity contribution < 1.29 is 90.1 Å². The van der Waals surface area contributed by atoms with Crippen LogP contribution in [-0.4, -0.2) is 77.3 Å². The highest BCUT2D eigenvalue weighted by Gasteiger charge is 2.94. The number of carbonyl (C=O) groups is 3. The first-order chi connectivity index (χ1) is 15.7. The number of nitrogens with one attached hydrogen (secondary N) is 1. The van der Waals surface area contributed by atoms with Crippen LogP contribution in [0.4, 0.5) is 65.9 Å². The van der Waals surface area contributed by atoms with Crippen molar-refractivity contribution in [1.82, 2.24) is 5.32 Å². The van der Waals surface area contributed by atoms with Crippen LogP contribution in [0.3, 0.4) is 0 Å². The Kier molecular flexibility index (Phi) is 9.28. The van der Waals surface area contributed by atoms with Gasteiger partial charge in [-0.15, -0.1) is 0 Å². The molecule has 0 aromatic heterocycles. The second kappa shape index (κ2) is 10.0. The van der Waals surface area contributed by atoms with Gasteiger partial charge >= 0.3 is 53.7 Å². The fourth-order valence-corrected chi connectivity index (χ4v) is 2.11. The molecule has 2 N–H and O–H groups in total. The maximum Gasteiger partial charge on any atom is 0.460 e. The molecule has 212 valence electrons. The number of halogens is 15. The maximum absolute atomic E-state index is 13.8. The van der Waals surface area contributed by atoms with Crippen LogP contribution < -0.4 is 5.32 Å². The van der Waals surface area contributed by atoms with Crippen LogP contribution in [0.2, 0.25) is 0 Å². The summed E-state index contributed by atoms with van der Waals surface area (Å²) in [5.41, 5.74) is 0. The number of carbonyl (C=O) groups excluding carboxylic acids is 2. The van der Waals surface area contributed by atoms with Crippen LogP contribution in [-0.2, 0) is 19.1 Å². The van der Waals surface area contributed by atoms with E-state index in [2.05, 4.69) is 4.74 Å². The van der Waals surface area contributed by atoms with Crippen molar-refractivity contribution in [3.8, 4) is 0 Å². The van der Waals surface area contributed by atoms with Gasteiger partial charge in [-0.1, -0.05) is 0 Å². The van der Waals surface area contributed by atoms with Crippen LogP contribution in [0.25, 0.3) is 0 Å². The zero-order chi connectivity index (χ0) is 29.3. The normalized spacial score (nSPS) is 15.3. The lowest BCUT2D eigenvalue weighted by Crippen LogP contribution is -2.74. The Morgan fingerprint density at radius 1 is 0.722 bits per heavy atom. The van der Waals surface area contributed by atoms with Crippen LogP contribution >= 0.6 is 0 Å². The van der Waals surface area contributed by atoms with E-state index in [9.17, 15) is 80.2 Å². The first-order valence-corrected chi connectivity index (χ1v) is 8.71. The fourth-order valence-electron chi connectivity index (χ4n) is 2.11. The fraction of sp³-hybridized carbons (Fsp3) is 0.800. The zero-order valence-corrected chi connectivity index (χ0v) is 16.9. The van der Waals surface area contributed by atoms with E-state index < -0.39 is 78.4 Å². The Morgan fingerprint density at radius 2 is 1.11 bits per heavy atom. The Balaban J connectivity index is 6.30. The number of esters is 1. The Labute approximate surface area is 188 Å². The number of amides is 1. The van der Waals surface area contributed by atoms with Crippen molar-refractivity contribution in [2.75, 3.05) is 6.61 Å². The highest BCUT2D eigenvalue weighted by molar-refractivity contribution is 5.89. The van der Waals surface area contributed by atoms with Crippen molar-refractivity contribution in [2.24, 2.45) is 0 Å². The van der Waals surface area contributed by atoms with E-state index in [1.54, 1.807) is 0 Å². The largest absolute Gasteiger partial charge is 0.480 e. The molecule has 0 heterocycles. The summed E-state index contributed by atoms with van der Waals surface area (Å²) in [6.07, 6.45) is -10.1. The SMILES string of the molecule is CCOC(=O)CCC(NC(=O)C(F)(F)C(F)(F)C(F)(F)C(F)(F)C(F)(F)C(F)(F)C(F)(F)F)C(=O)O. The lowest BCUT2D eigenvalue weighted by molar-refractivity contribution is -0.449. The molecule has 0 fully saturated rings. The molecule has 0 rings (SSSR count). The molecule has 1 unspecified atom stereocenters. The Hall–Kier alpha value is -2.64. The molecular formula is C15H12F15NO5. The van der Waals surface area contributed by atoms with Gasteiger partial charge in [-0.05, 0) is 13.3 Å². The summed E-state index contributed by atoms with van der Waals surface area (Å²) in [5.74, 6) is -56.8. The molecule has 0 aromatic carbocycles. The standard InChI is InChI=1S/C15H12F15NO5/c1-2-36-6(32)4-3-5(7(33)34)31-8(35)9(16,17)10(18,19)11(20,21)12(22,23)13(24,25)14(26,27)15(28,29)30/h5H,2-4H2,1H3,(H,31,35)(H,33,34). The minimum atomic E-state index is -8.59. The molecule has 6 nitrogen and oxygen atoms in total. The maximum atomic E-state index is 13.8. The third-order valence-electron chi connectivity index (χ3n) is 4.16. The van der Waals surface area contributed by atoms with Gasteiger partial charge in [0.25, 0.3) is 5.91 Å². The van der Waals surface area contributed by atoms with E-state index in [1.165, 1.54) is 6.92 Å². The summed E-state index contributed by atoms with van der Waals surface area (Å²) >= 11 is 0. The predicted octanol–water partition coefficient (Wildman–Crippen LogP) is 4.27. The summed E-state index contributed by atoms with van der Waals surface area (Å²) in [6.45, 7) is 0.898. The second-order valence-electron chi connectivity index (χ2n) is 6.65. The van der Waals surface area contributed by atoms with Gasteiger partial charge in [0.05, 0.1) is 6.61 Å². The van der Waals surface area contributed by atoms with Crippen molar-refractivity contribution >= 4 is 17.8 Å². The average molecular weight is 571 g/mol. The zero-order valence-electron chi connectivity index (χ0n) is 16.9. The van der Waals surface area contributed by atoms with Crippen LogP contribution in [0, 0.1) is 0 Å². The topological polar surface area (TPSA) is 92.7 Å². The van der Waals surface area contributed by atoms with Crippen molar-refractivity contribution in [2.45, 2.75) is 67.5 Å². The van der Waals surface area contributed by atoms with Crippen LogP contribution in [0.5, 0.6) is 0 Å². The highest BCUT2D eigenvalue weighted by Crippen LogP contribution is 2.62. The number of hydrogen-bond acceptors (Lipinski definition) is 4. The third kappa shape index (κ3) is 5.37. The van der Waals surface area contributed by atoms with Gasteiger partial charge in [-0.2, -0.15) is 65.9 Å². The molecule has 0 saturated carbocycles. The number of alkyl halides is 15. The predicted molar refractivity (Wildman–Crippen MR) is 81.2 cm³/mol. The molecule has 0 aliphatic carbocycles. The van der Waals surface area contributed by atoms with E-state index >= 15 is 0 Å². The number of rotatable bonds is 12. The molecule has 0 saturated heterocycles. The molecule has 36 heavy (non-hydrogen) atoms. The number of hydrogen-bond donors (Lipinski definition) is 2. The Bertz CT molecular complexity index is 840. The van der Waals surface area contributed by atoms with E-state index in [0.717, 1.165) is 0 Å². The molecule has 1 atom stereocenters. The summed E-state index contributed by atoms with van der Waals surface area (Å²) < 4.78 is 201. The molecule has 0 aromatic rings. The lowest BCUT2D eigenvalue weighted by Gasteiger charge is -2.41. The van der Waals surface area contributed by atoms with Gasteiger partial charge in [-0.25, -0.2) is 4.79 Å². The quantitative estimate of drug-likeness (QED) is 0.270. The molecule has 0 aliphatic rings. The number of carboxylic acid groups (broad SMARTS) is 1. The van der Waals surface area contributed by atoms with Gasteiger partial charge in [0.15, 0.2) is 0 Å². The summed E-state index contributed by atoms with van der Waals surface area (Å²) in [6, 6.07) is -2.83. The minimum absolute atomic E-state index is 0.325. The van der Waals surface area contributed by atoms with Gasteiger partial charge in [0.1, 0.15) is 6.04 Å². The van der Waals surface area contributed by atoms with E-state index in [-0.39, 0.29) is 6.61 Å². The Morgan fingerprint density at radius 3 is 1.47 bits per heavy atom. The molecule has 0 bridgehead atoms. The highest BCUT2D eigenvalue weighted by atomic mass is 19.4. The summed E-state index contributed by atoms with van der Waals surface area (Å²) in [7, 11) is 0. The van der Waals surface area contributed by atoms with E-state index in [4.69, 9.17) is 5.11 Å². The lowest BCUT2D eigenvalue weighted by atomic mass is 9.90. The molecule has 0 radical (unpaired) electrons. The number of carboxylic acids is 1.